The monoisotopic (exact) mass is 307 g/mol. The summed E-state index contributed by atoms with van der Waals surface area (Å²) in [5, 5.41) is 4.84. The van der Waals surface area contributed by atoms with Crippen molar-refractivity contribution in [2.75, 3.05) is 26.2 Å². The molecule has 0 unspecified atom stereocenters. The van der Waals surface area contributed by atoms with Gasteiger partial charge in [0.1, 0.15) is 0 Å². The van der Waals surface area contributed by atoms with Gasteiger partial charge in [0.05, 0.1) is 4.88 Å². The van der Waals surface area contributed by atoms with Crippen molar-refractivity contribution in [3.63, 3.8) is 0 Å². The van der Waals surface area contributed by atoms with Crippen LogP contribution < -0.4 is 5.32 Å². The normalized spacial score (nSPS) is 20.0. The number of hydrogen-bond donors (Lipinski definition) is 1. The van der Waals surface area contributed by atoms with Gasteiger partial charge in [-0.05, 0) is 36.3 Å². The number of carbonyl (C=O) groups is 2. The molecule has 3 rings (SSSR count). The maximum absolute atomic E-state index is 12.6. The Morgan fingerprint density at radius 1 is 1.38 bits per heavy atom. The molecule has 1 aromatic rings. The number of urea groups is 1. The molecule has 3 amide bonds. The van der Waals surface area contributed by atoms with E-state index < -0.39 is 0 Å². The van der Waals surface area contributed by atoms with Gasteiger partial charge in [0.25, 0.3) is 5.91 Å². The molecule has 0 spiro atoms. The Morgan fingerprint density at radius 3 is 2.76 bits per heavy atom. The highest BCUT2D eigenvalue weighted by Gasteiger charge is 2.32. The summed E-state index contributed by atoms with van der Waals surface area (Å²) in [6.07, 6.45) is 2.66. The predicted octanol–water partition coefficient (Wildman–Crippen LogP) is 1.94. The van der Waals surface area contributed by atoms with Gasteiger partial charge in [-0.1, -0.05) is 6.92 Å². The van der Waals surface area contributed by atoms with Gasteiger partial charge in [0, 0.05) is 32.2 Å². The van der Waals surface area contributed by atoms with Gasteiger partial charge < -0.3 is 15.1 Å². The van der Waals surface area contributed by atoms with Gasteiger partial charge in [-0.25, -0.2) is 4.79 Å². The molecular formula is C15H21N3O2S. The Hall–Kier alpha value is -1.56. The van der Waals surface area contributed by atoms with Gasteiger partial charge in [-0.2, -0.15) is 0 Å². The molecule has 2 saturated heterocycles. The standard InChI is InChI=1S/C15H21N3O2S/c1-2-11-5-10-21-13(11)14(19)17-7-3-12(4-8-17)18-9-6-16-15(18)20/h5,10,12H,2-4,6-9H2,1H3,(H,16,20). The van der Waals surface area contributed by atoms with E-state index in [0.29, 0.717) is 0 Å². The maximum atomic E-state index is 12.6. The molecule has 0 atom stereocenters. The van der Waals surface area contributed by atoms with Crippen LogP contribution in [0, 0.1) is 0 Å². The summed E-state index contributed by atoms with van der Waals surface area (Å²) in [6, 6.07) is 2.37. The van der Waals surface area contributed by atoms with Crippen molar-refractivity contribution in [1.82, 2.24) is 15.1 Å². The fourth-order valence-electron chi connectivity index (χ4n) is 3.16. The number of nitrogens with zero attached hydrogens (tertiary/aromatic N) is 2. The summed E-state index contributed by atoms with van der Waals surface area (Å²) in [4.78, 5) is 29.0. The molecule has 2 fully saturated rings. The van der Waals surface area contributed by atoms with Crippen LogP contribution in [0.1, 0.15) is 35.0 Å². The van der Waals surface area contributed by atoms with Crippen molar-refractivity contribution < 1.29 is 9.59 Å². The minimum absolute atomic E-state index is 0.0475. The highest BCUT2D eigenvalue weighted by atomic mass is 32.1. The molecule has 3 heterocycles. The number of hydrogen-bond acceptors (Lipinski definition) is 3. The minimum Gasteiger partial charge on any atom is -0.338 e. The van der Waals surface area contributed by atoms with Crippen LogP contribution in [-0.2, 0) is 6.42 Å². The van der Waals surface area contributed by atoms with Crippen molar-refractivity contribution in [3.8, 4) is 0 Å². The highest BCUT2D eigenvalue weighted by molar-refractivity contribution is 7.12. The summed E-state index contributed by atoms with van der Waals surface area (Å²) in [6.45, 7) is 5.11. The van der Waals surface area contributed by atoms with Crippen molar-refractivity contribution in [2.24, 2.45) is 0 Å². The number of amides is 3. The lowest BCUT2D eigenvalue weighted by atomic mass is 10.0. The molecule has 0 saturated carbocycles. The average molecular weight is 307 g/mol. The summed E-state index contributed by atoms with van der Waals surface area (Å²) in [5.74, 6) is 0.158. The van der Waals surface area contributed by atoms with E-state index in [1.54, 1.807) is 0 Å². The van der Waals surface area contributed by atoms with E-state index in [1.165, 1.54) is 11.3 Å². The van der Waals surface area contributed by atoms with E-state index in [-0.39, 0.29) is 18.0 Å². The van der Waals surface area contributed by atoms with Crippen molar-refractivity contribution in [1.29, 1.82) is 0 Å². The van der Waals surface area contributed by atoms with Crippen molar-refractivity contribution >= 4 is 23.3 Å². The van der Waals surface area contributed by atoms with Gasteiger partial charge in [0.2, 0.25) is 0 Å². The average Bonchev–Trinajstić information content (AvgIpc) is 3.15. The first-order valence-corrected chi connectivity index (χ1v) is 8.48. The highest BCUT2D eigenvalue weighted by Crippen LogP contribution is 2.23. The van der Waals surface area contributed by atoms with E-state index in [1.807, 2.05) is 21.2 Å². The number of aryl methyl sites for hydroxylation is 1. The number of carbonyl (C=O) groups excluding carboxylic acids is 2. The van der Waals surface area contributed by atoms with Crippen LogP contribution in [0.5, 0.6) is 0 Å². The molecule has 1 N–H and O–H groups in total. The Labute approximate surface area is 128 Å². The minimum atomic E-state index is 0.0475. The fourth-order valence-corrected chi connectivity index (χ4v) is 4.12. The molecule has 6 heteroatoms. The van der Waals surface area contributed by atoms with Crippen LogP contribution in [0.25, 0.3) is 0 Å². The second-order valence-corrected chi connectivity index (χ2v) is 6.49. The molecule has 1 aromatic heterocycles. The van der Waals surface area contributed by atoms with Crippen LogP contribution in [0.2, 0.25) is 0 Å². The van der Waals surface area contributed by atoms with Gasteiger partial charge in [-0.15, -0.1) is 11.3 Å². The van der Waals surface area contributed by atoms with Crippen LogP contribution in [0.4, 0.5) is 4.79 Å². The first-order valence-electron chi connectivity index (χ1n) is 7.60. The van der Waals surface area contributed by atoms with Gasteiger partial charge in [-0.3, -0.25) is 4.79 Å². The molecular weight excluding hydrogens is 286 g/mol. The number of likely N-dealkylation sites (tertiary alicyclic amines) is 1. The fraction of sp³-hybridized carbons (Fsp3) is 0.600. The second-order valence-electron chi connectivity index (χ2n) is 5.58. The van der Waals surface area contributed by atoms with E-state index >= 15 is 0 Å². The third kappa shape index (κ3) is 2.77. The Balaban J connectivity index is 1.60. The van der Waals surface area contributed by atoms with Gasteiger partial charge >= 0.3 is 6.03 Å². The third-order valence-electron chi connectivity index (χ3n) is 4.40. The Morgan fingerprint density at radius 2 is 2.14 bits per heavy atom. The maximum Gasteiger partial charge on any atom is 0.317 e. The molecule has 114 valence electrons. The molecule has 0 radical (unpaired) electrons. The van der Waals surface area contributed by atoms with Crippen molar-refractivity contribution in [2.45, 2.75) is 32.2 Å². The van der Waals surface area contributed by atoms with E-state index in [4.69, 9.17) is 0 Å². The molecule has 2 aliphatic heterocycles. The zero-order valence-corrected chi connectivity index (χ0v) is 13.1. The van der Waals surface area contributed by atoms with Crippen molar-refractivity contribution in [3.05, 3.63) is 21.9 Å². The summed E-state index contributed by atoms with van der Waals surface area (Å²) in [7, 11) is 0. The molecule has 0 aliphatic carbocycles. The lowest BCUT2D eigenvalue weighted by molar-refractivity contribution is 0.0670. The second kappa shape index (κ2) is 6.05. The molecule has 21 heavy (non-hydrogen) atoms. The van der Waals surface area contributed by atoms with E-state index in [2.05, 4.69) is 12.2 Å². The van der Waals surface area contributed by atoms with Crippen LogP contribution in [0.3, 0.4) is 0 Å². The van der Waals surface area contributed by atoms with E-state index in [9.17, 15) is 9.59 Å². The van der Waals surface area contributed by atoms with Crippen LogP contribution in [0.15, 0.2) is 11.4 Å². The van der Waals surface area contributed by atoms with Crippen LogP contribution in [-0.4, -0.2) is 54.0 Å². The number of thiophene rings is 1. The largest absolute Gasteiger partial charge is 0.338 e. The topological polar surface area (TPSA) is 52.7 Å². The number of piperidine rings is 1. The summed E-state index contributed by atoms with van der Waals surface area (Å²) >= 11 is 1.54. The molecule has 2 aliphatic rings. The smallest absolute Gasteiger partial charge is 0.317 e. The first-order chi connectivity index (χ1) is 10.2. The Kier molecular flexibility index (Phi) is 4.14. The zero-order valence-electron chi connectivity index (χ0n) is 12.3. The lowest BCUT2D eigenvalue weighted by Crippen LogP contribution is -2.47. The third-order valence-corrected chi connectivity index (χ3v) is 5.35. The molecule has 0 aromatic carbocycles. The number of rotatable bonds is 3. The van der Waals surface area contributed by atoms with Gasteiger partial charge in [0.15, 0.2) is 0 Å². The number of nitrogens with one attached hydrogen (secondary N) is 1. The molecule has 0 bridgehead atoms. The lowest BCUT2D eigenvalue weighted by Gasteiger charge is -2.36. The first kappa shape index (κ1) is 14.4. The SMILES string of the molecule is CCc1ccsc1C(=O)N1CCC(N2CCNC2=O)CC1. The zero-order chi connectivity index (χ0) is 14.8. The predicted molar refractivity (Wildman–Crippen MR) is 82.7 cm³/mol. The Bertz CT molecular complexity index is 535. The van der Waals surface area contributed by atoms with Crippen LogP contribution >= 0.6 is 11.3 Å². The summed E-state index contributed by atoms with van der Waals surface area (Å²) < 4.78 is 0. The molecule has 5 nitrogen and oxygen atoms in total. The van der Waals surface area contributed by atoms with E-state index in [0.717, 1.165) is 55.9 Å². The summed E-state index contributed by atoms with van der Waals surface area (Å²) in [5.41, 5.74) is 1.14. The quantitative estimate of drug-likeness (QED) is 0.928.